The fourth-order valence-corrected chi connectivity index (χ4v) is 16.7. The molecule has 128 heavy (non-hydrogen) atoms. The molecule has 43 heteroatoms. The van der Waals surface area contributed by atoms with Crippen molar-refractivity contribution in [2.45, 2.75) is 214 Å². The summed E-state index contributed by atoms with van der Waals surface area (Å²) in [6.07, 6.45) is -8.11. The fourth-order valence-electron chi connectivity index (χ4n) is 13.7. The van der Waals surface area contributed by atoms with Crippen molar-refractivity contribution in [3.8, 4) is 5.75 Å². The van der Waals surface area contributed by atoms with E-state index in [2.05, 4.69) is 74.4 Å². The van der Waals surface area contributed by atoms with E-state index >= 15 is 14.4 Å². The number of carboxylic acid groups (broad SMARTS) is 4. The van der Waals surface area contributed by atoms with Crippen LogP contribution in [0.25, 0.3) is 10.8 Å². The van der Waals surface area contributed by atoms with Gasteiger partial charge in [0.1, 0.15) is 66.2 Å². The number of aromatic hydroxyl groups is 1. The first-order chi connectivity index (χ1) is 60.5. The Hall–Kier alpha value is -12.5. The number of carboxylic acids is 4. The normalized spacial score (nSPS) is 24.3. The van der Waals surface area contributed by atoms with Crippen LogP contribution in [0.15, 0.2) is 115 Å². The van der Waals surface area contributed by atoms with E-state index in [1.807, 2.05) is 0 Å². The summed E-state index contributed by atoms with van der Waals surface area (Å²) in [6.45, 7) is 8.21. The highest BCUT2D eigenvalue weighted by Crippen LogP contribution is 2.27. The third-order valence-electron chi connectivity index (χ3n) is 20.3. The molecule has 14 amide bonds. The summed E-state index contributed by atoms with van der Waals surface area (Å²) >= 11 is 3.31. The Morgan fingerprint density at radius 2 is 0.938 bits per heavy atom. The van der Waals surface area contributed by atoms with Gasteiger partial charge in [-0.15, -0.1) is 0 Å². The lowest BCUT2D eigenvalue weighted by atomic mass is 9.85. The zero-order chi connectivity index (χ0) is 94.2. The summed E-state index contributed by atoms with van der Waals surface area (Å²) in [4.78, 5) is 253. The molecule has 7 rings (SSSR count). The van der Waals surface area contributed by atoms with Crippen LogP contribution in [0, 0.1) is 5.41 Å². The van der Waals surface area contributed by atoms with Gasteiger partial charge in [-0.2, -0.15) is 35.3 Å². The van der Waals surface area contributed by atoms with Crippen LogP contribution >= 0.6 is 35.3 Å². The maximum absolute atomic E-state index is 15.4. The highest BCUT2D eigenvalue weighted by Gasteiger charge is 2.41. The second-order valence-corrected chi connectivity index (χ2v) is 35.3. The Morgan fingerprint density at radius 1 is 0.469 bits per heavy atom. The molecule has 25 N–H and O–H groups in total. The summed E-state index contributed by atoms with van der Waals surface area (Å²) in [5.74, 6) is -21.8. The molecule has 0 unspecified atom stereocenters. The molecule has 0 aromatic heterocycles. The lowest BCUT2D eigenvalue weighted by Crippen LogP contribution is -2.62. The van der Waals surface area contributed by atoms with Gasteiger partial charge in [0.05, 0.1) is 43.2 Å². The van der Waals surface area contributed by atoms with Crippen LogP contribution < -0.4 is 91.6 Å². The van der Waals surface area contributed by atoms with Crippen LogP contribution in [0.2, 0.25) is 0 Å². The smallest absolute Gasteiger partial charge is 0.305 e. The van der Waals surface area contributed by atoms with Crippen molar-refractivity contribution in [2.24, 2.45) is 22.6 Å². The fraction of sp³-hybridized carbons (Fsp3) is 0.459. The Balaban J connectivity index is 1.39. The minimum atomic E-state index is -2.17. The summed E-state index contributed by atoms with van der Waals surface area (Å²) in [6, 6.07) is 7.88. The molecule has 2 heterocycles. The zero-order valence-electron chi connectivity index (χ0n) is 71.2. The number of hydrogen-bond donors (Lipinski definition) is 22. The molecular weight excluding hydrogens is 1720 g/mol. The van der Waals surface area contributed by atoms with Gasteiger partial charge in [0.2, 0.25) is 82.7 Å². The summed E-state index contributed by atoms with van der Waals surface area (Å²) < 4.78 is 0. The van der Waals surface area contributed by atoms with Crippen molar-refractivity contribution in [3.63, 3.8) is 0 Å². The van der Waals surface area contributed by atoms with E-state index in [0.29, 0.717) is 33.2 Å². The topological polar surface area (TPSA) is 655 Å². The number of aliphatic carboxylic acids is 4. The number of phenolic OH excluding ortho intramolecular Hbond substituents is 1. The second-order valence-electron chi connectivity index (χ2n) is 32.2. The Labute approximate surface area is 749 Å². The average molecular weight is 1840 g/mol. The molecule has 5 aromatic carbocycles. The number of nitrogens with one attached hydrogen (secondary N) is 14. The van der Waals surface area contributed by atoms with E-state index in [-0.39, 0.29) is 52.3 Å². The lowest BCUT2D eigenvalue weighted by Gasteiger charge is -2.33. The summed E-state index contributed by atoms with van der Waals surface area (Å²) in [5.41, 5.74) is 19.1. The number of rotatable bonds is 21. The number of carbonyl (C=O) groups is 18. The van der Waals surface area contributed by atoms with E-state index in [4.69, 9.17) is 17.2 Å². The van der Waals surface area contributed by atoms with Crippen LogP contribution in [0.1, 0.15) is 120 Å². The van der Waals surface area contributed by atoms with Crippen molar-refractivity contribution in [1.82, 2.24) is 74.4 Å². The molecule has 0 radical (unpaired) electrons. The van der Waals surface area contributed by atoms with Crippen molar-refractivity contribution in [1.29, 1.82) is 0 Å². The number of thioether (sulfide) groups is 3. The third kappa shape index (κ3) is 34.0. The maximum Gasteiger partial charge on any atom is 0.305 e. The van der Waals surface area contributed by atoms with Crippen molar-refractivity contribution < 1.29 is 112 Å². The van der Waals surface area contributed by atoms with Crippen LogP contribution in [-0.2, 0) is 123 Å². The van der Waals surface area contributed by atoms with E-state index < -0.39 is 267 Å². The van der Waals surface area contributed by atoms with Gasteiger partial charge in [-0.1, -0.05) is 124 Å². The second kappa shape index (κ2) is 49.6. The first-order valence-corrected chi connectivity index (χ1v) is 44.4. The molecule has 2 aliphatic heterocycles. The van der Waals surface area contributed by atoms with Gasteiger partial charge in [-0.25, -0.2) is 0 Å². The third-order valence-corrected chi connectivity index (χ3v) is 23.6. The van der Waals surface area contributed by atoms with Crippen LogP contribution in [0.3, 0.4) is 0 Å². The molecule has 0 spiro atoms. The van der Waals surface area contributed by atoms with E-state index in [0.717, 1.165) is 40.7 Å². The van der Waals surface area contributed by atoms with Crippen molar-refractivity contribution >= 4 is 153 Å². The number of nitrogens with two attached hydrogens (primary N) is 3. The number of fused-ring (bicyclic) bond motifs is 6. The predicted octanol–water partition coefficient (Wildman–Crippen LogP) is -1.84. The molecule has 15 atom stereocenters. The molecule has 0 saturated heterocycles. The standard InChI is InChI=1S/C85H111N17O23S3/c1-43(86)73(114)101-65-42-128-39-50-28-48-27-49(29-50)38-127-41-64(91-45(3)92-77(118)60(32-52-17-12-16-51-15-10-11-18-55(51)52)97-75(116)56(23-25-67(105)106)89-36-53(33-66(87)104)93-74(115)44(2)90-82(65)123)83(124)94-57(24-26-68(107)108)76(117)98-61(34-69(109)110)80(121)96-58(30-46-13-8-7-9-14-46)78(119)95-59(31-47-19-21-54(103)22-20-47)79(120)99-62(35-70(111)112)81(122)102-71(85(4,5)6)84(125)100-63(72(88)113)40-126-37-48/h7-22,27-29,43-45,53,56-65,71,89,91,103H,23-26,30-42,86H2,1-6H3,(H2,87,104)(H2,88,113)(H,90,123)(H,92,118)(H,93,115)(H,94,124)(H,95,119)(H,96,121)(H,97,116)(H,98,117)(H,99,120)(H,100,125)(H,101,114)(H,102,122)(H,105,106)(H,107,108)(H,109,110)(H,111,112)/t43-,44+,45+,53-,56-,57-,58-,59-,60-,61-,62-,63-,64+,65-,71+/m0/s1. The monoisotopic (exact) mass is 1830 g/mol. The van der Waals surface area contributed by atoms with Gasteiger partial charge >= 0.3 is 23.9 Å². The van der Waals surface area contributed by atoms with E-state index in [1.165, 1.54) is 77.9 Å². The van der Waals surface area contributed by atoms with Gasteiger partial charge in [0.25, 0.3) is 0 Å². The predicted molar refractivity (Wildman–Crippen MR) is 472 cm³/mol. The van der Waals surface area contributed by atoms with E-state index in [1.54, 1.807) is 78.9 Å². The minimum absolute atomic E-state index is 0.00245. The number of amides is 14. The molecule has 4 bridgehead atoms. The Morgan fingerprint density at radius 3 is 1.48 bits per heavy atom. The van der Waals surface area contributed by atoms with Crippen molar-refractivity contribution in [2.75, 3.05) is 23.8 Å². The molecule has 0 fully saturated rings. The molecule has 692 valence electrons. The number of benzene rings is 5. The minimum Gasteiger partial charge on any atom is -0.508 e. The van der Waals surface area contributed by atoms with E-state index in [9.17, 15) is 97.5 Å². The average Bonchev–Trinajstić information content (AvgIpc) is 0.806. The number of primary amides is 2. The Kier molecular flexibility index (Phi) is 39.8. The van der Waals surface area contributed by atoms with Gasteiger partial charge in [0, 0.05) is 79.6 Å². The zero-order valence-corrected chi connectivity index (χ0v) is 73.6. The number of hydrogen-bond acceptors (Lipinski definition) is 25. The highest BCUT2D eigenvalue weighted by atomic mass is 32.2. The molecular formula is C85H111N17O23S3. The molecule has 0 saturated carbocycles. The van der Waals surface area contributed by atoms with Gasteiger partial charge in [-0.05, 0) is 95.3 Å². The lowest BCUT2D eigenvalue weighted by molar-refractivity contribution is -0.142. The summed E-state index contributed by atoms with van der Waals surface area (Å²) in [5, 5.41) is 88.9. The summed E-state index contributed by atoms with van der Waals surface area (Å²) in [7, 11) is 0. The maximum atomic E-state index is 15.4. The molecule has 40 nitrogen and oxygen atoms in total. The molecule has 5 aromatic rings. The SMILES string of the molecule is C[C@H]1NC(=O)[C@H](Cc2cccc3ccccc23)NC(=O)[C@H](CCC(=O)O)NC[C@H](CC(N)=O)NC(=O)[C@@H](C)NC(=O)[C@@H](NC(=O)[C@H](C)N)CSCc2cc3cc(c2)CSC[C@@H](N1)C(=O)N[C@@H](CCC(=O)O)C(=O)N[C@@H](CC(=O)O)C(=O)N[C@@H](Cc1ccccc1)C(=O)N[C@@H](Cc1ccc(O)cc1)C(=O)N[C@@H](CC(=O)O)C(=O)N[C@@H](C(C)(C)C)C(=O)N[C@H](C(N)=O)CSC3. The molecule has 2 aliphatic rings. The first kappa shape index (κ1) is 103. The van der Waals surface area contributed by atoms with Gasteiger partial charge < -0.3 is 112 Å². The van der Waals surface area contributed by atoms with Gasteiger partial charge in [0.15, 0.2) is 0 Å². The van der Waals surface area contributed by atoms with Crippen molar-refractivity contribution in [3.05, 3.63) is 149 Å². The van der Waals surface area contributed by atoms with Crippen LogP contribution in [0.4, 0.5) is 0 Å². The molecule has 0 aliphatic carbocycles. The Bertz CT molecular complexity index is 4850. The first-order valence-electron chi connectivity index (χ1n) is 41.0. The highest BCUT2D eigenvalue weighted by molar-refractivity contribution is 7.99. The van der Waals surface area contributed by atoms with Crippen LogP contribution in [-0.4, -0.2) is 247 Å². The van der Waals surface area contributed by atoms with Gasteiger partial charge in [-0.3, -0.25) is 91.6 Å². The van der Waals surface area contributed by atoms with Crippen LogP contribution in [0.5, 0.6) is 5.75 Å². The number of phenols is 1. The largest absolute Gasteiger partial charge is 0.508 e. The number of carbonyl (C=O) groups excluding carboxylic acids is 14. The quantitative estimate of drug-likeness (QED) is 0.0384.